The molecule has 2 atom stereocenters. The highest BCUT2D eigenvalue weighted by molar-refractivity contribution is 5.93. The maximum Gasteiger partial charge on any atom is 0.330 e. The second-order valence-corrected chi connectivity index (χ2v) is 6.95. The van der Waals surface area contributed by atoms with E-state index in [-0.39, 0.29) is 18.0 Å². The maximum atomic E-state index is 12.1. The molecular formula is C19H22N6O2. The van der Waals surface area contributed by atoms with Crippen LogP contribution in [-0.4, -0.2) is 41.0 Å². The largest absolute Gasteiger partial charge is 0.365 e. The Morgan fingerprint density at radius 1 is 1.37 bits per heavy atom. The summed E-state index contributed by atoms with van der Waals surface area (Å²) < 4.78 is 0. The molecular weight excluding hydrogens is 344 g/mol. The summed E-state index contributed by atoms with van der Waals surface area (Å²) in [5.41, 5.74) is 6.67. The molecule has 4 N–H and O–H groups in total. The van der Waals surface area contributed by atoms with Gasteiger partial charge < -0.3 is 15.5 Å². The lowest BCUT2D eigenvalue weighted by atomic mass is 10.1. The molecule has 8 nitrogen and oxygen atoms in total. The highest BCUT2D eigenvalue weighted by atomic mass is 16.2. The molecule has 3 amide bonds. The summed E-state index contributed by atoms with van der Waals surface area (Å²) in [6.07, 6.45) is 0.451. The van der Waals surface area contributed by atoms with Crippen molar-refractivity contribution in [1.29, 1.82) is 0 Å². The normalized spacial score (nSPS) is 21.8. The molecule has 1 aromatic heterocycles. The minimum atomic E-state index is -0.396. The van der Waals surface area contributed by atoms with Gasteiger partial charge in [0.15, 0.2) is 0 Å². The Balaban J connectivity index is 1.60. The molecule has 0 bridgehead atoms. The van der Waals surface area contributed by atoms with Gasteiger partial charge in [-0.2, -0.15) is 0 Å². The first-order valence-electron chi connectivity index (χ1n) is 8.94. The highest BCUT2D eigenvalue weighted by Crippen LogP contribution is 2.27. The first-order chi connectivity index (χ1) is 13.0. The van der Waals surface area contributed by atoms with Crippen LogP contribution in [-0.2, 0) is 4.79 Å². The number of fused-ring (bicyclic) bond motifs is 1. The second kappa shape index (κ2) is 6.88. The van der Waals surface area contributed by atoms with Gasteiger partial charge in [0, 0.05) is 30.1 Å². The van der Waals surface area contributed by atoms with Gasteiger partial charge in [-0.3, -0.25) is 10.2 Å². The lowest BCUT2D eigenvalue weighted by Gasteiger charge is -2.19. The van der Waals surface area contributed by atoms with Crippen LogP contribution >= 0.6 is 0 Å². The molecule has 0 aliphatic carbocycles. The van der Waals surface area contributed by atoms with Crippen molar-refractivity contribution in [2.24, 2.45) is 0 Å². The predicted molar refractivity (Wildman–Crippen MR) is 103 cm³/mol. The average Bonchev–Trinajstić information content (AvgIpc) is 3.30. The zero-order valence-corrected chi connectivity index (χ0v) is 15.1. The van der Waals surface area contributed by atoms with Crippen molar-refractivity contribution < 1.29 is 9.59 Å². The third-order valence-electron chi connectivity index (χ3n) is 4.84. The minimum Gasteiger partial charge on any atom is -0.365 e. The average molecular weight is 366 g/mol. The van der Waals surface area contributed by atoms with E-state index < -0.39 is 6.17 Å². The number of hydrazine groups is 1. The van der Waals surface area contributed by atoms with Crippen LogP contribution in [0.5, 0.6) is 0 Å². The number of aromatic nitrogens is 1. The van der Waals surface area contributed by atoms with Gasteiger partial charge in [0.1, 0.15) is 12.0 Å². The molecule has 0 spiro atoms. The van der Waals surface area contributed by atoms with E-state index in [9.17, 15) is 9.59 Å². The van der Waals surface area contributed by atoms with Crippen molar-refractivity contribution in [3.63, 3.8) is 0 Å². The Bertz CT molecular complexity index is 928. The third-order valence-corrected chi connectivity index (χ3v) is 4.84. The van der Waals surface area contributed by atoms with Gasteiger partial charge in [-0.05, 0) is 24.8 Å². The van der Waals surface area contributed by atoms with Gasteiger partial charge in [-0.15, -0.1) is 0 Å². The van der Waals surface area contributed by atoms with Gasteiger partial charge in [-0.1, -0.05) is 30.8 Å². The van der Waals surface area contributed by atoms with E-state index in [1.807, 2.05) is 35.2 Å². The highest BCUT2D eigenvalue weighted by Gasteiger charge is 2.28. The lowest BCUT2D eigenvalue weighted by Crippen LogP contribution is -2.32. The summed E-state index contributed by atoms with van der Waals surface area (Å²) >= 11 is 0. The van der Waals surface area contributed by atoms with Crippen molar-refractivity contribution in [2.45, 2.75) is 25.6 Å². The molecule has 3 heterocycles. The SMILES string of the molecule is C=C(C)C(=O)N1CC[C@H](Nc2nc(C3NNC(=O)N3)cc3ccccc23)C1. The molecule has 2 fully saturated rings. The zero-order valence-electron chi connectivity index (χ0n) is 15.1. The maximum absolute atomic E-state index is 12.1. The number of hydrogen-bond acceptors (Lipinski definition) is 5. The Hall–Kier alpha value is -3.13. The molecule has 4 rings (SSSR count). The molecule has 0 radical (unpaired) electrons. The number of carbonyl (C=O) groups excluding carboxylic acids is 2. The Morgan fingerprint density at radius 3 is 2.93 bits per heavy atom. The molecule has 2 aliphatic rings. The Kier molecular flexibility index (Phi) is 4.41. The van der Waals surface area contributed by atoms with Gasteiger partial charge in [0.25, 0.3) is 0 Å². The monoisotopic (exact) mass is 366 g/mol. The summed E-state index contributed by atoms with van der Waals surface area (Å²) in [6, 6.07) is 9.75. The van der Waals surface area contributed by atoms with Gasteiger partial charge >= 0.3 is 6.03 Å². The van der Waals surface area contributed by atoms with Gasteiger partial charge in [0.2, 0.25) is 5.91 Å². The fourth-order valence-corrected chi connectivity index (χ4v) is 3.49. The Labute approximate surface area is 157 Å². The summed E-state index contributed by atoms with van der Waals surface area (Å²) in [6.45, 7) is 6.79. The fourth-order valence-electron chi connectivity index (χ4n) is 3.49. The van der Waals surface area contributed by atoms with E-state index in [0.717, 1.165) is 23.0 Å². The minimum absolute atomic E-state index is 0.00481. The van der Waals surface area contributed by atoms with Crippen molar-refractivity contribution in [3.8, 4) is 0 Å². The number of amides is 3. The number of pyridine rings is 1. The van der Waals surface area contributed by atoms with Crippen molar-refractivity contribution in [1.82, 2.24) is 26.1 Å². The third kappa shape index (κ3) is 3.43. The van der Waals surface area contributed by atoms with Crippen LogP contribution in [0.25, 0.3) is 10.8 Å². The summed E-state index contributed by atoms with van der Waals surface area (Å²) in [5.74, 6) is 0.746. The predicted octanol–water partition coefficient (Wildman–Crippen LogP) is 1.64. The molecule has 27 heavy (non-hydrogen) atoms. The van der Waals surface area contributed by atoms with E-state index in [2.05, 4.69) is 28.1 Å². The number of nitrogens with zero attached hydrogens (tertiary/aromatic N) is 2. The molecule has 2 aliphatic heterocycles. The molecule has 0 saturated carbocycles. The number of nitrogens with one attached hydrogen (secondary N) is 4. The van der Waals surface area contributed by atoms with Crippen LogP contribution in [0, 0.1) is 0 Å². The van der Waals surface area contributed by atoms with Crippen LogP contribution in [0.4, 0.5) is 10.6 Å². The molecule has 8 heteroatoms. The number of benzene rings is 1. The van der Waals surface area contributed by atoms with Crippen LogP contribution in [0.3, 0.4) is 0 Å². The standard InChI is InChI=1S/C19H22N6O2/c1-11(2)18(26)25-8-7-13(10-25)20-16-14-6-4-3-5-12(14)9-15(21-16)17-22-19(27)24-23-17/h3-6,9,13,17,23H,1,7-8,10H2,2H3,(H,20,21)(H2,22,24,27)/t13-,17?/m0/s1. The quantitative estimate of drug-likeness (QED) is 0.617. The van der Waals surface area contributed by atoms with Crippen LogP contribution in [0.15, 0.2) is 42.5 Å². The van der Waals surface area contributed by atoms with E-state index in [1.54, 1.807) is 6.92 Å². The van der Waals surface area contributed by atoms with Gasteiger partial charge in [-0.25, -0.2) is 15.2 Å². The topological polar surface area (TPSA) is 98.4 Å². The van der Waals surface area contributed by atoms with Gasteiger partial charge in [0.05, 0.1) is 5.69 Å². The summed E-state index contributed by atoms with van der Waals surface area (Å²) in [4.78, 5) is 30.1. The number of urea groups is 1. The smallest absolute Gasteiger partial charge is 0.330 e. The zero-order chi connectivity index (χ0) is 19.0. The van der Waals surface area contributed by atoms with Crippen LogP contribution < -0.4 is 21.5 Å². The van der Waals surface area contributed by atoms with Crippen molar-refractivity contribution in [3.05, 3.63) is 48.2 Å². The number of likely N-dealkylation sites (tertiary alicyclic amines) is 1. The molecule has 2 aromatic rings. The number of hydrogen-bond donors (Lipinski definition) is 4. The number of rotatable bonds is 4. The molecule has 1 aromatic carbocycles. The molecule has 2 saturated heterocycles. The number of anilines is 1. The van der Waals surface area contributed by atoms with Crippen molar-refractivity contribution in [2.75, 3.05) is 18.4 Å². The fraction of sp³-hybridized carbons (Fsp3) is 0.316. The van der Waals surface area contributed by atoms with Crippen molar-refractivity contribution >= 4 is 28.5 Å². The summed E-state index contributed by atoms with van der Waals surface area (Å²) in [5, 5.41) is 8.29. The lowest BCUT2D eigenvalue weighted by molar-refractivity contribution is -0.126. The van der Waals surface area contributed by atoms with Crippen LogP contribution in [0.2, 0.25) is 0 Å². The van der Waals surface area contributed by atoms with E-state index >= 15 is 0 Å². The van der Waals surface area contributed by atoms with E-state index in [0.29, 0.717) is 24.4 Å². The summed E-state index contributed by atoms with van der Waals surface area (Å²) in [7, 11) is 0. The molecule has 1 unspecified atom stereocenters. The van der Waals surface area contributed by atoms with E-state index in [4.69, 9.17) is 4.98 Å². The second-order valence-electron chi connectivity index (χ2n) is 6.95. The van der Waals surface area contributed by atoms with E-state index in [1.165, 1.54) is 0 Å². The Morgan fingerprint density at radius 2 is 2.19 bits per heavy atom. The molecule has 140 valence electrons. The number of carbonyl (C=O) groups is 2. The first-order valence-corrected chi connectivity index (χ1v) is 8.94. The van der Waals surface area contributed by atoms with Crippen LogP contribution in [0.1, 0.15) is 25.2 Å². The first kappa shape index (κ1) is 17.3.